The van der Waals surface area contributed by atoms with Gasteiger partial charge in [-0.15, -0.1) is 0 Å². The molecule has 2 unspecified atom stereocenters. The minimum absolute atomic E-state index is 0.00101. The zero-order chi connectivity index (χ0) is 15.3. The molecular weight excluding hydrogens is 286 g/mol. The molecule has 1 aliphatic heterocycles. The molecule has 21 heavy (non-hydrogen) atoms. The Bertz CT molecular complexity index is 402. The van der Waals surface area contributed by atoms with E-state index in [1.54, 1.807) is 11.2 Å². The van der Waals surface area contributed by atoms with Gasteiger partial charge in [0.15, 0.2) is 0 Å². The molecule has 1 saturated heterocycles. The zero-order valence-corrected chi connectivity index (χ0v) is 14.2. The molecule has 4 nitrogen and oxygen atoms in total. The van der Waals surface area contributed by atoms with Gasteiger partial charge in [-0.2, -0.15) is 4.31 Å². The Kier molecular flexibility index (Phi) is 6.51. The Morgan fingerprint density at radius 1 is 1.05 bits per heavy atom. The first-order valence-corrected chi connectivity index (χ1v) is 10.3. The molecule has 5 heteroatoms. The molecule has 2 fully saturated rings. The fourth-order valence-corrected chi connectivity index (χ4v) is 6.07. The molecule has 124 valence electrons. The van der Waals surface area contributed by atoms with Gasteiger partial charge in [-0.05, 0) is 44.9 Å². The lowest BCUT2D eigenvalue weighted by Gasteiger charge is -2.32. The van der Waals surface area contributed by atoms with E-state index in [0.29, 0.717) is 24.6 Å². The molecule has 0 spiro atoms. The Labute approximate surface area is 130 Å². The molecule has 0 bridgehead atoms. The van der Waals surface area contributed by atoms with Gasteiger partial charge in [0.1, 0.15) is 0 Å². The molecule has 2 aliphatic rings. The third-order valence-electron chi connectivity index (χ3n) is 4.96. The first-order chi connectivity index (χ1) is 9.99. The zero-order valence-electron chi connectivity index (χ0n) is 13.3. The first-order valence-electron chi connectivity index (χ1n) is 8.66. The van der Waals surface area contributed by atoms with E-state index in [1.165, 1.54) is 19.3 Å². The summed E-state index contributed by atoms with van der Waals surface area (Å²) in [4.78, 5) is 0. The van der Waals surface area contributed by atoms with Crippen molar-refractivity contribution in [2.24, 2.45) is 5.92 Å². The van der Waals surface area contributed by atoms with Crippen LogP contribution < -0.4 is 0 Å². The summed E-state index contributed by atoms with van der Waals surface area (Å²) in [6.07, 6.45) is 9.92. The van der Waals surface area contributed by atoms with Crippen molar-refractivity contribution < 1.29 is 13.5 Å². The summed E-state index contributed by atoms with van der Waals surface area (Å²) in [5.74, 6) is 0.669. The lowest BCUT2D eigenvalue weighted by atomic mass is 9.91. The lowest BCUT2D eigenvalue weighted by Crippen LogP contribution is -2.43. The van der Waals surface area contributed by atoms with Crippen molar-refractivity contribution in [2.45, 2.75) is 83.3 Å². The fraction of sp³-hybridized carbons (Fsp3) is 1.00. The smallest absolute Gasteiger partial charge is 0.214 e. The molecular formula is C16H31NO3S. The van der Waals surface area contributed by atoms with Gasteiger partial charge in [0.05, 0.1) is 11.9 Å². The van der Waals surface area contributed by atoms with Crippen LogP contribution in [0.3, 0.4) is 0 Å². The monoisotopic (exact) mass is 317 g/mol. The molecule has 1 N–H and O–H groups in total. The van der Waals surface area contributed by atoms with Crippen LogP contribution in [-0.2, 0) is 10.0 Å². The van der Waals surface area contributed by atoms with Gasteiger partial charge < -0.3 is 5.11 Å². The number of sulfonamides is 1. The van der Waals surface area contributed by atoms with Crippen molar-refractivity contribution in [3.8, 4) is 0 Å². The largest absolute Gasteiger partial charge is 0.393 e. The molecule has 1 heterocycles. The molecule has 0 amide bonds. The number of rotatable bonds is 5. The minimum Gasteiger partial charge on any atom is -0.393 e. The van der Waals surface area contributed by atoms with Crippen LogP contribution in [0.5, 0.6) is 0 Å². The highest BCUT2D eigenvalue weighted by Crippen LogP contribution is 2.29. The lowest BCUT2D eigenvalue weighted by molar-refractivity contribution is 0.146. The van der Waals surface area contributed by atoms with Crippen molar-refractivity contribution >= 4 is 10.0 Å². The SMILES string of the molecule is CC(O)CC1CCCCCN1S(=O)(=O)CC1CCCCC1. The van der Waals surface area contributed by atoms with Gasteiger partial charge in [0, 0.05) is 12.6 Å². The molecule has 2 atom stereocenters. The van der Waals surface area contributed by atoms with Crippen molar-refractivity contribution in [3.63, 3.8) is 0 Å². The Morgan fingerprint density at radius 3 is 2.33 bits per heavy atom. The Hall–Kier alpha value is -0.130. The Morgan fingerprint density at radius 2 is 1.67 bits per heavy atom. The van der Waals surface area contributed by atoms with E-state index >= 15 is 0 Å². The molecule has 0 aromatic carbocycles. The number of aliphatic hydroxyl groups is 1. The fourth-order valence-electron chi connectivity index (χ4n) is 3.89. The molecule has 2 rings (SSSR count). The van der Waals surface area contributed by atoms with E-state index in [2.05, 4.69) is 0 Å². The van der Waals surface area contributed by atoms with Crippen LogP contribution in [0, 0.1) is 5.92 Å². The van der Waals surface area contributed by atoms with Crippen LogP contribution in [0.15, 0.2) is 0 Å². The van der Waals surface area contributed by atoms with Crippen LogP contribution in [0.1, 0.15) is 71.1 Å². The predicted octanol–water partition coefficient (Wildman–Crippen LogP) is 2.91. The second-order valence-corrected chi connectivity index (χ2v) is 8.95. The van der Waals surface area contributed by atoms with E-state index in [4.69, 9.17) is 0 Å². The molecule has 1 saturated carbocycles. The van der Waals surface area contributed by atoms with Crippen molar-refractivity contribution in [1.82, 2.24) is 4.31 Å². The second kappa shape index (κ2) is 7.93. The third-order valence-corrected chi connectivity index (χ3v) is 7.05. The van der Waals surface area contributed by atoms with Gasteiger partial charge in [0.25, 0.3) is 0 Å². The summed E-state index contributed by atoms with van der Waals surface area (Å²) >= 11 is 0. The van der Waals surface area contributed by atoms with Gasteiger partial charge >= 0.3 is 0 Å². The Balaban J connectivity index is 2.05. The van der Waals surface area contributed by atoms with Crippen LogP contribution in [0.25, 0.3) is 0 Å². The van der Waals surface area contributed by atoms with E-state index in [-0.39, 0.29) is 6.04 Å². The summed E-state index contributed by atoms with van der Waals surface area (Å²) < 4.78 is 27.4. The second-order valence-electron chi connectivity index (χ2n) is 6.98. The van der Waals surface area contributed by atoms with Crippen LogP contribution in [0.2, 0.25) is 0 Å². The highest BCUT2D eigenvalue weighted by Gasteiger charge is 2.33. The van der Waals surface area contributed by atoms with Crippen LogP contribution in [-0.4, -0.2) is 42.3 Å². The minimum atomic E-state index is -3.18. The molecule has 0 radical (unpaired) electrons. The van der Waals surface area contributed by atoms with E-state index in [1.807, 2.05) is 0 Å². The maximum atomic E-state index is 12.8. The maximum absolute atomic E-state index is 12.8. The summed E-state index contributed by atoms with van der Waals surface area (Å²) in [5.41, 5.74) is 0. The maximum Gasteiger partial charge on any atom is 0.214 e. The summed E-state index contributed by atoms with van der Waals surface area (Å²) in [7, 11) is -3.18. The van der Waals surface area contributed by atoms with Gasteiger partial charge in [-0.1, -0.05) is 32.1 Å². The average Bonchev–Trinajstić information content (AvgIpc) is 2.64. The molecule has 0 aromatic rings. The van der Waals surface area contributed by atoms with E-state index in [0.717, 1.165) is 38.5 Å². The van der Waals surface area contributed by atoms with Crippen molar-refractivity contribution in [2.75, 3.05) is 12.3 Å². The van der Waals surface area contributed by atoms with Crippen LogP contribution in [0.4, 0.5) is 0 Å². The van der Waals surface area contributed by atoms with Gasteiger partial charge in [-0.25, -0.2) is 8.42 Å². The number of aliphatic hydroxyl groups excluding tert-OH is 1. The van der Waals surface area contributed by atoms with Crippen molar-refractivity contribution in [3.05, 3.63) is 0 Å². The topological polar surface area (TPSA) is 57.6 Å². The van der Waals surface area contributed by atoms with Gasteiger partial charge in [-0.3, -0.25) is 0 Å². The number of nitrogens with zero attached hydrogens (tertiary/aromatic N) is 1. The molecule has 1 aliphatic carbocycles. The number of hydrogen-bond donors (Lipinski definition) is 1. The van der Waals surface area contributed by atoms with Crippen molar-refractivity contribution in [1.29, 1.82) is 0 Å². The summed E-state index contributed by atoms with van der Waals surface area (Å²) in [6.45, 7) is 2.41. The normalized spacial score (nSPS) is 28.2. The summed E-state index contributed by atoms with van der Waals surface area (Å²) in [5, 5.41) is 9.68. The van der Waals surface area contributed by atoms with Crippen LogP contribution >= 0.6 is 0 Å². The predicted molar refractivity (Wildman–Crippen MR) is 85.6 cm³/mol. The van der Waals surface area contributed by atoms with E-state index < -0.39 is 16.1 Å². The number of hydrogen-bond acceptors (Lipinski definition) is 3. The molecule has 0 aromatic heterocycles. The standard InChI is InChI=1S/C16H31NO3S/c1-14(18)12-16-10-6-3-7-11-17(16)21(19,20)13-15-8-4-2-5-9-15/h14-16,18H,2-13H2,1H3. The summed E-state index contributed by atoms with van der Waals surface area (Å²) in [6, 6.07) is 0.00101. The highest BCUT2D eigenvalue weighted by molar-refractivity contribution is 7.89. The highest BCUT2D eigenvalue weighted by atomic mass is 32.2. The first kappa shape index (κ1) is 17.2. The third kappa shape index (κ3) is 5.22. The van der Waals surface area contributed by atoms with Gasteiger partial charge in [0.2, 0.25) is 10.0 Å². The average molecular weight is 317 g/mol. The quantitative estimate of drug-likeness (QED) is 0.848. The van der Waals surface area contributed by atoms with E-state index in [9.17, 15) is 13.5 Å².